The molecule has 4 nitrogen and oxygen atoms in total. The predicted molar refractivity (Wildman–Crippen MR) is 67.1 cm³/mol. The van der Waals surface area contributed by atoms with E-state index in [1.807, 2.05) is 13.0 Å². The molecule has 3 N–H and O–H groups in total. The zero-order valence-electron chi connectivity index (χ0n) is 9.99. The van der Waals surface area contributed by atoms with Crippen LogP contribution in [-0.2, 0) is 4.79 Å². The number of carbonyl (C=O) groups excluding carboxylic acids is 1. The summed E-state index contributed by atoms with van der Waals surface area (Å²) < 4.78 is 0. The molecule has 1 fully saturated rings. The number of piperidine rings is 1. The molecule has 92 valence electrons. The molecule has 1 aromatic carbocycles. The maximum absolute atomic E-state index is 12.0. The first-order chi connectivity index (χ1) is 8.16. The van der Waals surface area contributed by atoms with Gasteiger partial charge < -0.3 is 15.7 Å². The van der Waals surface area contributed by atoms with Gasteiger partial charge in [-0.05, 0) is 44.0 Å². The highest BCUT2D eigenvalue weighted by atomic mass is 16.3. The fourth-order valence-electron chi connectivity index (χ4n) is 2.06. The van der Waals surface area contributed by atoms with Crippen molar-refractivity contribution in [3.63, 3.8) is 0 Å². The molecule has 1 amide bonds. The summed E-state index contributed by atoms with van der Waals surface area (Å²) >= 11 is 0. The van der Waals surface area contributed by atoms with Crippen LogP contribution in [0.4, 0.5) is 5.69 Å². The normalized spacial score (nSPS) is 19.9. The number of aromatic hydroxyl groups is 1. The summed E-state index contributed by atoms with van der Waals surface area (Å²) in [6.45, 7) is 3.63. The lowest BCUT2D eigenvalue weighted by molar-refractivity contribution is -0.120. The van der Waals surface area contributed by atoms with Gasteiger partial charge in [0, 0.05) is 6.54 Å². The molecule has 2 rings (SSSR count). The Kier molecular flexibility index (Phi) is 3.64. The van der Waals surface area contributed by atoms with Crippen LogP contribution in [0.2, 0.25) is 0 Å². The summed E-state index contributed by atoms with van der Waals surface area (Å²) in [6, 6.07) is 5.20. The Hall–Kier alpha value is -1.55. The predicted octanol–water partition coefficient (Wildman–Crippen LogP) is 1.64. The summed E-state index contributed by atoms with van der Waals surface area (Å²) in [5.41, 5.74) is 1.51. The van der Waals surface area contributed by atoms with E-state index in [1.54, 1.807) is 12.1 Å². The highest BCUT2D eigenvalue weighted by Crippen LogP contribution is 2.25. The van der Waals surface area contributed by atoms with E-state index in [4.69, 9.17) is 0 Å². The Labute approximate surface area is 101 Å². The summed E-state index contributed by atoms with van der Waals surface area (Å²) in [7, 11) is 0. The maximum atomic E-state index is 12.0. The molecule has 0 saturated carbocycles. The zero-order chi connectivity index (χ0) is 12.3. The molecule has 4 heteroatoms. The van der Waals surface area contributed by atoms with E-state index in [1.165, 1.54) is 0 Å². The average molecular weight is 234 g/mol. The molecule has 0 bridgehead atoms. The first kappa shape index (κ1) is 11.9. The quantitative estimate of drug-likeness (QED) is 0.682. The molecular formula is C13H18N2O2. The Morgan fingerprint density at radius 1 is 1.53 bits per heavy atom. The summed E-state index contributed by atoms with van der Waals surface area (Å²) in [5.74, 6) is 0.106. The van der Waals surface area contributed by atoms with Gasteiger partial charge in [-0.15, -0.1) is 0 Å². The second kappa shape index (κ2) is 5.19. The number of carbonyl (C=O) groups is 1. The van der Waals surface area contributed by atoms with Crippen molar-refractivity contribution in [1.29, 1.82) is 0 Å². The van der Waals surface area contributed by atoms with Crippen molar-refractivity contribution in [3.05, 3.63) is 23.8 Å². The van der Waals surface area contributed by atoms with Gasteiger partial charge in [0.15, 0.2) is 0 Å². The number of phenolic OH excluding ortho intramolecular Hbond substituents is 1. The van der Waals surface area contributed by atoms with Crippen molar-refractivity contribution < 1.29 is 9.90 Å². The van der Waals surface area contributed by atoms with Crippen molar-refractivity contribution in [3.8, 4) is 5.75 Å². The molecule has 1 aliphatic heterocycles. The lowest BCUT2D eigenvalue weighted by Crippen LogP contribution is -2.37. The first-order valence-corrected chi connectivity index (χ1v) is 5.98. The topological polar surface area (TPSA) is 61.4 Å². The van der Waals surface area contributed by atoms with E-state index in [0.717, 1.165) is 31.5 Å². The smallest absolute Gasteiger partial charge is 0.228 e. The molecule has 17 heavy (non-hydrogen) atoms. The van der Waals surface area contributed by atoms with Gasteiger partial charge in [-0.1, -0.05) is 6.07 Å². The molecular weight excluding hydrogens is 216 g/mol. The van der Waals surface area contributed by atoms with Crippen LogP contribution in [0, 0.1) is 12.8 Å². The van der Waals surface area contributed by atoms with Crippen molar-refractivity contribution in [2.45, 2.75) is 19.8 Å². The molecule has 1 aliphatic rings. The van der Waals surface area contributed by atoms with Crippen LogP contribution < -0.4 is 10.6 Å². The van der Waals surface area contributed by atoms with E-state index in [9.17, 15) is 9.90 Å². The fourth-order valence-corrected chi connectivity index (χ4v) is 2.06. The van der Waals surface area contributed by atoms with Crippen LogP contribution >= 0.6 is 0 Å². The Balaban J connectivity index is 2.04. The van der Waals surface area contributed by atoms with Crippen LogP contribution in [0.1, 0.15) is 18.4 Å². The second-order valence-electron chi connectivity index (χ2n) is 4.55. The van der Waals surface area contributed by atoms with Gasteiger partial charge in [-0.25, -0.2) is 0 Å². The van der Waals surface area contributed by atoms with E-state index in [2.05, 4.69) is 10.6 Å². The monoisotopic (exact) mass is 234 g/mol. The highest BCUT2D eigenvalue weighted by molar-refractivity contribution is 5.94. The van der Waals surface area contributed by atoms with Crippen LogP contribution in [0.3, 0.4) is 0 Å². The molecule has 0 radical (unpaired) electrons. The van der Waals surface area contributed by atoms with Gasteiger partial charge in [0.2, 0.25) is 5.91 Å². The molecule has 0 aromatic heterocycles. The number of benzene rings is 1. The SMILES string of the molecule is Cc1ccc(O)c(NC(=O)[C@H]2CCCNC2)c1. The number of anilines is 1. The lowest BCUT2D eigenvalue weighted by atomic mass is 9.98. The largest absolute Gasteiger partial charge is 0.506 e. The minimum atomic E-state index is -0.0156. The third-order valence-corrected chi connectivity index (χ3v) is 3.08. The Bertz CT molecular complexity index is 412. The van der Waals surface area contributed by atoms with Crippen molar-refractivity contribution in [2.75, 3.05) is 18.4 Å². The van der Waals surface area contributed by atoms with Gasteiger partial charge in [0.25, 0.3) is 0 Å². The third kappa shape index (κ3) is 2.97. The highest BCUT2D eigenvalue weighted by Gasteiger charge is 2.21. The minimum Gasteiger partial charge on any atom is -0.506 e. The number of phenols is 1. The molecule has 1 aromatic rings. The van der Waals surface area contributed by atoms with Gasteiger partial charge >= 0.3 is 0 Å². The Morgan fingerprint density at radius 3 is 3.06 bits per heavy atom. The molecule has 1 saturated heterocycles. The number of rotatable bonds is 2. The lowest BCUT2D eigenvalue weighted by Gasteiger charge is -2.22. The van der Waals surface area contributed by atoms with Gasteiger partial charge in [-0.3, -0.25) is 4.79 Å². The van der Waals surface area contributed by atoms with E-state index in [0.29, 0.717) is 5.69 Å². The van der Waals surface area contributed by atoms with E-state index < -0.39 is 0 Å². The molecule has 1 atom stereocenters. The van der Waals surface area contributed by atoms with Gasteiger partial charge in [-0.2, -0.15) is 0 Å². The number of amides is 1. The second-order valence-corrected chi connectivity index (χ2v) is 4.55. The first-order valence-electron chi connectivity index (χ1n) is 5.98. The standard InChI is InChI=1S/C13H18N2O2/c1-9-4-5-12(16)11(7-9)15-13(17)10-3-2-6-14-8-10/h4-5,7,10,14,16H,2-3,6,8H2,1H3,(H,15,17)/t10-/m0/s1. The number of aryl methyl sites for hydroxylation is 1. The summed E-state index contributed by atoms with van der Waals surface area (Å²) in [6.07, 6.45) is 1.93. The van der Waals surface area contributed by atoms with Gasteiger partial charge in [0.1, 0.15) is 5.75 Å². The number of nitrogens with one attached hydrogen (secondary N) is 2. The minimum absolute atomic E-state index is 0.00339. The van der Waals surface area contributed by atoms with E-state index >= 15 is 0 Å². The number of hydrogen-bond donors (Lipinski definition) is 3. The Morgan fingerprint density at radius 2 is 2.35 bits per heavy atom. The molecule has 1 heterocycles. The maximum Gasteiger partial charge on any atom is 0.228 e. The van der Waals surface area contributed by atoms with Crippen LogP contribution in [0.25, 0.3) is 0 Å². The van der Waals surface area contributed by atoms with Crippen molar-refractivity contribution in [1.82, 2.24) is 5.32 Å². The van der Waals surface area contributed by atoms with Crippen LogP contribution in [0.5, 0.6) is 5.75 Å². The fraction of sp³-hybridized carbons (Fsp3) is 0.462. The average Bonchev–Trinajstić information content (AvgIpc) is 2.35. The third-order valence-electron chi connectivity index (χ3n) is 3.08. The van der Waals surface area contributed by atoms with E-state index in [-0.39, 0.29) is 17.6 Å². The van der Waals surface area contributed by atoms with Crippen LogP contribution in [-0.4, -0.2) is 24.1 Å². The van der Waals surface area contributed by atoms with Crippen molar-refractivity contribution >= 4 is 11.6 Å². The van der Waals surface area contributed by atoms with Crippen molar-refractivity contribution in [2.24, 2.45) is 5.92 Å². The zero-order valence-corrected chi connectivity index (χ0v) is 9.99. The van der Waals surface area contributed by atoms with Crippen LogP contribution in [0.15, 0.2) is 18.2 Å². The number of hydrogen-bond acceptors (Lipinski definition) is 3. The van der Waals surface area contributed by atoms with Gasteiger partial charge in [0.05, 0.1) is 11.6 Å². The summed E-state index contributed by atoms with van der Waals surface area (Å²) in [4.78, 5) is 12.0. The summed E-state index contributed by atoms with van der Waals surface area (Å²) in [5, 5.41) is 15.6. The molecule has 0 spiro atoms. The molecule has 0 aliphatic carbocycles. The molecule has 0 unspecified atom stereocenters.